The zero-order valence-electron chi connectivity index (χ0n) is 29.0. The Labute approximate surface area is 191 Å². The fourth-order valence-electron chi connectivity index (χ4n) is 2.28. The van der Waals surface area contributed by atoms with E-state index in [0.717, 1.165) is 0 Å². The monoisotopic (exact) mass is 425 g/mol. The van der Waals surface area contributed by atoms with Gasteiger partial charge in [0.05, 0.1) is 37.8 Å². The van der Waals surface area contributed by atoms with Gasteiger partial charge in [-0.05, 0) is 41.3 Å². The molecule has 0 aliphatic carbocycles. The van der Waals surface area contributed by atoms with Crippen molar-refractivity contribution in [3.8, 4) is 22.6 Å². The van der Waals surface area contributed by atoms with Crippen LogP contribution in [0.1, 0.15) is 42.3 Å². The molecule has 2 aromatic carbocycles. The number of amides is 1. The highest BCUT2D eigenvalue weighted by Gasteiger charge is 2.25. The van der Waals surface area contributed by atoms with Crippen LogP contribution in [0.3, 0.4) is 0 Å². The van der Waals surface area contributed by atoms with Gasteiger partial charge in [0.2, 0.25) is 0 Å². The maximum atomic E-state index is 13.9. The second kappa shape index (κ2) is 8.06. The van der Waals surface area contributed by atoms with Crippen LogP contribution in [-0.2, 0) is 6.54 Å². The summed E-state index contributed by atoms with van der Waals surface area (Å²) in [6.45, 7) is -7.69. The maximum Gasteiger partial charge on any atom is 0.394 e. The Hall–Kier alpha value is -3.55. The number of alkyl halides is 2. The summed E-state index contributed by atoms with van der Waals surface area (Å²) < 4.78 is 151. The molecule has 154 valence electrons. The van der Waals surface area contributed by atoms with Crippen LogP contribution in [0, 0.1) is 0 Å². The van der Waals surface area contributed by atoms with Crippen molar-refractivity contribution >= 4 is 5.91 Å². The molecule has 1 aliphatic heterocycles. The second-order valence-electron chi connectivity index (χ2n) is 5.76. The summed E-state index contributed by atoms with van der Waals surface area (Å²) in [6.07, 6.45) is -5.46. The highest BCUT2D eigenvalue weighted by molar-refractivity contribution is 5.98. The summed E-state index contributed by atoms with van der Waals surface area (Å²) in [5.41, 5.74) is -2.81. The highest BCUT2D eigenvalue weighted by Crippen LogP contribution is 2.31. The molecule has 1 amide bonds. The molecule has 0 radical (unpaired) electrons. The largest absolute Gasteiger partial charge is 0.491 e. The van der Waals surface area contributed by atoms with Crippen molar-refractivity contribution in [2.75, 3.05) is 13.1 Å². The Morgan fingerprint density at radius 3 is 2.60 bits per heavy atom. The number of benzene rings is 2. The first-order chi connectivity index (χ1) is 20.0. The van der Waals surface area contributed by atoms with Crippen LogP contribution in [0.25, 0.3) is 11.1 Å². The van der Waals surface area contributed by atoms with Crippen molar-refractivity contribution in [3.63, 3.8) is 0 Å². The van der Waals surface area contributed by atoms with Crippen molar-refractivity contribution in [2.24, 2.45) is 0 Å². The van der Waals surface area contributed by atoms with E-state index in [1.807, 2.05) is 0 Å². The predicted molar refractivity (Wildman–Crippen MR) is 105 cm³/mol. The summed E-state index contributed by atoms with van der Waals surface area (Å²) in [4.78, 5) is 21.2. The van der Waals surface area contributed by atoms with Crippen LogP contribution >= 0.6 is 0 Å². The number of ether oxygens (including phenoxy) is 2. The zero-order chi connectivity index (χ0) is 33.4. The number of rotatable bonds is 5. The van der Waals surface area contributed by atoms with Gasteiger partial charge in [-0.25, -0.2) is 9.97 Å². The molecule has 6 nitrogen and oxygen atoms in total. The SMILES string of the molecule is [2H]c1nc(CN2C(=O)c3c([2H])c(-c4c([2H])c([2H])c(OC(C)(F)F)c([2H])c4[2H])c([2H])c([2H])c3OC([2H])([2H])C2([2H])[2H])nc([2H])c1[2H]. The first kappa shape index (κ1) is 9.07. The minimum atomic E-state index is -3.93. The van der Waals surface area contributed by atoms with Crippen LogP contribution in [0.5, 0.6) is 11.5 Å². The lowest BCUT2D eigenvalue weighted by Crippen LogP contribution is -2.32. The zero-order valence-corrected chi connectivity index (χ0v) is 15.0. The lowest BCUT2D eigenvalue weighted by molar-refractivity contribution is -0.158. The van der Waals surface area contributed by atoms with Gasteiger partial charge in [0.25, 0.3) is 5.91 Å². The topological polar surface area (TPSA) is 64.6 Å². The van der Waals surface area contributed by atoms with Crippen molar-refractivity contribution in [3.05, 3.63) is 72.1 Å². The summed E-state index contributed by atoms with van der Waals surface area (Å²) in [7, 11) is 0. The Morgan fingerprint density at radius 2 is 1.90 bits per heavy atom. The summed E-state index contributed by atoms with van der Waals surface area (Å²) >= 11 is 0. The molecule has 8 heteroatoms. The Balaban J connectivity index is 2.03. The third kappa shape index (κ3) is 4.53. The van der Waals surface area contributed by atoms with Crippen LogP contribution in [-0.4, -0.2) is 39.9 Å². The molecule has 4 rings (SSSR count). The first-order valence-corrected chi connectivity index (χ1v) is 8.16. The minimum Gasteiger partial charge on any atom is -0.491 e. The van der Waals surface area contributed by atoms with E-state index in [0.29, 0.717) is 0 Å². The van der Waals surface area contributed by atoms with Gasteiger partial charge in [-0.2, -0.15) is 8.78 Å². The number of fused-ring (bicyclic) bond motifs is 1. The molecule has 0 unspecified atom stereocenters. The number of aromatic nitrogens is 2. The molecule has 30 heavy (non-hydrogen) atoms. The van der Waals surface area contributed by atoms with Crippen molar-refractivity contribution in [2.45, 2.75) is 19.6 Å². The molecule has 0 bridgehead atoms. The smallest absolute Gasteiger partial charge is 0.394 e. The average Bonchev–Trinajstić information content (AvgIpc) is 2.95. The van der Waals surface area contributed by atoms with Crippen LogP contribution in [0.4, 0.5) is 8.78 Å². The predicted octanol–water partition coefficient (Wildman–Crippen LogP) is 4.17. The minimum absolute atomic E-state index is 0.136. The Kier molecular flexibility index (Phi) is 2.44. The van der Waals surface area contributed by atoms with E-state index in [2.05, 4.69) is 14.7 Å². The van der Waals surface area contributed by atoms with Crippen LogP contribution in [0.15, 0.2) is 60.7 Å². The molecule has 0 N–H and O–H groups in total. The molecule has 0 spiro atoms. The first-order valence-electron chi connectivity index (χ1n) is 15.2. The molecule has 3 aromatic rings. The van der Waals surface area contributed by atoms with Gasteiger partial charge in [-0.1, -0.05) is 18.1 Å². The number of hydrogen-bond donors (Lipinski definition) is 0. The van der Waals surface area contributed by atoms with Crippen LogP contribution in [0.2, 0.25) is 0 Å². The van der Waals surface area contributed by atoms with Crippen molar-refractivity contribution in [1.29, 1.82) is 0 Å². The third-order valence-corrected chi connectivity index (χ3v) is 3.49. The average molecular weight is 425 g/mol. The van der Waals surface area contributed by atoms with E-state index in [1.54, 1.807) is 0 Å². The van der Waals surface area contributed by atoms with E-state index in [9.17, 15) is 13.6 Å². The normalized spacial score (nSPS) is 24.0. The fraction of sp³-hybridized carbons (Fsp3) is 0.227. The quantitative estimate of drug-likeness (QED) is 0.614. The second-order valence-corrected chi connectivity index (χ2v) is 5.76. The van der Waals surface area contributed by atoms with E-state index >= 15 is 0 Å². The third-order valence-electron chi connectivity index (χ3n) is 3.49. The molecule has 0 saturated carbocycles. The molecule has 2 heterocycles. The van der Waals surface area contributed by atoms with Gasteiger partial charge < -0.3 is 14.4 Å². The summed E-state index contributed by atoms with van der Waals surface area (Å²) in [5, 5.41) is 0. The number of carbonyl (C=O) groups is 1. The van der Waals surface area contributed by atoms with Crippen LogP contribution < -0.4 is 9.47 Å². The molecular weight excluding hydrogens is 392 g/mol. The van der Waals surface area contributed by atoms with E-state index in [4.69, 9.17) is 23.9 Å². The van der Waals surface area contributed by atoms with Gasteiger partial charge in [-0.15, -0.1) is 0 Å². The molecule has 0 atom stereocenters. The van der Waals surface area contributed by atoms with E-state index < -0.39 is 126 Å². The van der Waals surface area contributed by atoms with E-state index in [-0.39, 0.29) is 11.8 Å². The lowest BCUT2D eigenvalue weighted by Gasteiger charge is -2.19. The van der Waals surface area contributed by atoms with Gasteiger partial charge in [0, 0.05) is 19.3 Å². The van der Waals surface area contributed by atoms with Gasteiger partial charge in [-0.3, -0.25) is 4.79 Å². The molecule has 1 aromatic heterocycles. The number of nitrogens with zero attached hydrogens (tertiary/aromatic N) is 3. The highest BCUT2D eigenvalue weighted by atomic mass is 19.3. The number of halogens is 2. The van der Waals surface area contributed by atoms with Crippen molar-refractivity contribution < 1.29 is 42.2 Å². The molecule has 0 saturated heterocycles. The molecule has 0 fully saturated rings. The number of hydrogen-bond acceptors (Lipinski definition) is 5. The summed E-state index contributed by atoms with van der Waals surface area (Å²) in [6, 6.07) is -8.47. The summed E-state index contributed by atoms with van der Waals surface area (Å²) in [5.74, 6) is -4.37. The maximum absolute atomic E-state index is 13.9. The van der Waals surface area contributed by atoms with Gasteiger partial charge >= 0.3 is 6.11 Å². The number of carbonyl (C=O) groups excluding carboxylic acids is 1. The Bertz CT molecular complexity index is 1680. The molecular formula is C22H19F2N3O3. The van der Waals surface area contributed by atoms with Crippen molar-refractivity contribution in [1.82, 2.24) is 14.9 Å². The van der Waals surface area contributed by atoms with E-state index in [1.165, 1.54) is 0 Å². The standard InChI is InChI=1S/C22H19F2N3O3/c1-22(23,24)30-17-6-3-15(4-7-17)16-5-8-19-18(13-16)21(28)27(11-12-29-19)14-20-25-9-2-10-26-20/h2-10,13H,11-12,14H2,1H3/i2D,3D,4D,5D,6D,7D,8D,9D,10D,11D2,12D2,13D. The fourth-order valence-corrected chi connectivity index (χ4v) is 2.28. The Morgan fingerprint density at radius 1 is 1.20 bits per heavy atom. The lowest BCUT2D eigenvalue weighted by atomic mass is 10.0. The van der Waals surface area contributed by atoms with Gasteiger partial charge in [0.15, 0.2) is 0 Å². The van der Waals surface area contributed by atoms with Gasteiger partial charge in [0.1, 0.15) is 23.9 Å². The molecule has 1 aliphatic rings.